The number of carbonyl (C=O) groups is 1. The van der Waals surface area contributed by atoms with Crippen molar-refractivity contribution < 1.29 is 4.79 Å². The van der Waals surface area contributed by atoms with Crippen molar-refractivity contribution in [3.63, 3.8) is 0 Å². The fraction of sp³-hybridized carbons (Fsp3) is 0.241. The average molecular weight is 518 g/mol. The summed E-state index contributed by atoms with van der Waals surface area (Å²) in [5.74, 6) is 0.162. The maximum atomic E-state index is 12.8. The van der Waals surface area contributed by atoms with Gasteiger partial charge < -0.3 is 14.9 Å². The Hall–Kier alpha value is -4.86. The molecule has 1 amide bonds. The summed E-state index contributed by atoms with van der Waals surface area (Å²) in [6.07, 6.45) is 16.2. The standard InChI is InChI=1S/C29H27N9O/c1-17-15-38(16-33-17)25-7-8-31-27-22(25)11-24(35-27)26-23-10-20(13-32-28(23)37-36-26)19-9-21(14-30-12-19)34-29(39)18-5-3-2-4-6-18/h7-16,18H,2-6H2,1H3,(H,31,35)(H,34,39)(H,32,36,37). The predicted octanol–water partition coefficient (Wildman–Crippen LogP) is 5.58. The summed E-state index contributed by atoms with van der Waals surface area (Å²) in [5.41, 5.74) is 7.40. The Balaban J connectivity index is 1.22. The summed E-state index contributed by atoms with van der Waals surface area (Å²) >= 11 is 0. The second kappa shape index (κ2) is 9.46. The van der Waals surface area contributed by atoms with Crippen LogP contribution in [0.25, 0.3) is 50.3 Å². The van der Waals surface area contributed by atoms with Crippen molar-refractivity contribution in [1.29, 1.82) is 0 Å². The van der Waals surface area contributed by atoms with E-state index in [1.165, 1.54) is 6.42 Å². The number of carbonyl (C=O) groups excluding carboxylic acids is 1. The molecule has 0 atom stereocenters. The van der Waals surface area contributed by atoms with Crippen molar-refractivity contribution in [1.82, 2.24) is 39.7 Å². The van der Waals surface area contributed by atoms with E-state index in [1.54, 1.807) is 31.1 Å². The fourth-order valence-corrected chi connectivity index (χ4v) is 5.46. The monoisotopic (exact) mass is 517 g/mol. The van der Waals surface area contributed by atoms with Gasteiger partial charge in [-0.25, -0.2) is 15.0 Å². The molecule has 0 spiro atoms. The quantitative estimate of drug-likeness (QED) is 0.274. The van der Waals surface area contributed by atoms with Crippen LogP contribution in [-0.4, -0.2) is 45.6 Å². The van der Waals surface area contributed by atoms with E-state index in [0.29, 0.717) is 11.3 Å². The first-order valence-electron chi connectivity index (χ1n) is 13.2. The molecule has 3 N–H and O–H groups in total. The third-order valence-corrected chi connectivity index (χ3v) is 7.49. The van der Waals surface area contributed by atoms with Crippen LogP contribution in [0.2, 0.25) is 0 Å². The van der Waals surface area contributed by atoms with E-state index in [2.05, 4.69) is 46.5 Å². The molecule has 6 aromatic rings. The Bertz CT molecular complexity index is 1820. The lowest BCUT2D eigenvalue weighted by Crippen LogP contribution is -2.24. The molecule has 10 nitrogen and oxygen atoms in total. The van der Waals surface area contributed by atoms with Crippen LogP contribution < -0.4 is 5.32 Å². The molecule has 0 aliphatic heterocycles. The van der Waals surface area contributed by atoms with E-state index >= 15 is 0 Å². The molecule has 0 unspecified atom stereocenters. The number of hydrogen-bond acceptors (Lipinski definition) is 6. The zero-order valence-electron chi connectivity index (χ0n) is 21.5. The van der Waals surface area contributed by atoms with E-state index in [1.807, 2.05) is 35.9 Å². The highest BCUT2D eigenvalue weighted by molar-refractivity contribution is 5.97. The predicted molar refractivity (Wildman–Crippen MR) is 149 cm³/mol. The lowest BCUT2D eigenvalue weighted by atomic mass is 9.88. The van der Waals surface area contributed by atoms with Gasteiger partial charge in [-0.2, -0.15) is 5.10 Å². The van der Waals surface area contributed by atoms with Crippen molar-refractivity contribution in [3.05, 3.63) is 67.3 Å². The van der Waals surface area contributed by atoms with Crippen LogP contribution in [-0.2, 0) is 4.79 Å². The third-order valence-electron chi connectivity index (χ3n) is 7.49. The zero-order chi connectivity index (χ0) is 26.3. The molecule has 1 aliphatic carbocycles. The Labute approximate surface area is 223 Å². The molecule has 1 fully saturated rings. The topological polar surface area (TPSA) is 130 Å². The van der Waals surface area contributed by atoms with Crippen LogP contribution in [0, 0.1) is 12.8 Å². The summed E-state index contributed by atoms with van der Waals surface area (Å²) in [6, 6.07) is 8.02. The van der Waals surface area contributed by atoms with Crippen molar-refractivity contribution in [3.8, 4) is 28.2 Å². The summed E-state index contributed by atoms with van der Waals surface area (Å²) in [7, 11) is 0. The van der Waals surface area contributed by atoms with Crippen molar-refractivity contribution in [2.45, 2.75) is 39.0 Å². The first-order valence-corrected chi connectivity index (χ1v) is 13.2. The highest BCUT2D eigenvalue weighted by Gasteiger charge is 2.21. The van der Waals surface area contributed by atoms with Crippen LogP contribution in [0.5, 0.6) is 0 Å². The van der Waals surface area contributed by atoms with E-state index in [4.69, 9.17) is 0 Å². The Kier molecular flexibility index (Phi) is 5.65. The summed E-state index contributed by atoms with van der Waals surface area (Å²) in [5, 5.41) is 12.5. The van der Waals surface area contributed by atoms with Crippen LogP contribution in [0.15, 0.2) is 61.6 Å². The fourth-order valence-electron chi connectivity index (χ4n) is 5.46. The maximum absolute atomic E-state index is 12.8. The van der Waals surface area contributed by atoms with Crippen LogP contribution in [0.3, 0.4) is 0 Å². The second-order valence-electron chi connectivity index (χ2n) is 10.2. The number of H-pyrrole nitrogens is 2. The Morgan fingerprint density at radius 2 is 1.85 bits per heavy atom. The highest BCUT2D eigenvalue weighted by atomic mass is 16.1. The number of aryl methyl sites for hydroxylation is 1. The molecule has 6 heterocycles. The van der Waals surface area contributed by atoms with E-state index in [9.17, 15) is 4.79 Å². The van der Waals surface area contributed by atoms with Gasteiger partial charge in [-0.15, -0.1) is 0 Å². The van der Waals surface area contributed by atoms with Gasteiger partial charge in [0.25, 0.3) is 0 Å². The summed E-state index contributed by atoms with van der Waals surface area (Å²) in [4.78, 5) is 34.1. The average Bonchev–Trinajstić information content (AvgIpc) is 3.71. The molecule has 6 aromatic heterocycles. The van der Waals surface area contributed by atoms with Crippen LogP contribution in [0.4, 0.5) is 5.69 Å². The molecule has 0 saturated heterocycles. The van der Waals surface area contributed by atoms with Crippen molar-refractivity contribution in [2.75, 3.05) is 5.32 Å². The van der Waals surface area contributed by atoms with Crippen LogP contribution >= 0.6 is 0 Å². The number of pyridine rings is 3. The first kappa shape index (κ1) is 23.3. The number of anilines is 1. The van der Waals surface area contributed by atoms with Gasteiger partial charge >= 0.3 is 0 Å². The molecule has 10 heteroatoms. The minimum Gasteiger partial charge on any atom is -0.338 e. The molecular weight excluding hydrogens is 490 g/mol. The molecule has 7 rings (SSSR count). The molecule has 39 heavy (non-hydrogen) atoms. The minimum absolute atomic E-state index is 0.0805. The van der Waals surface area contributed by atoms with Gasteiger partial charge in [0.05, 0.1) is 35.3 Å². The molecule has 194 valence electrons. The van der Waals surface area contributed by atoms with E-state index < -0.39 is 0 Å². The van der Waals surface area contributed by atoms with E-state index in [-0.39, 0.29) is 11.8 Å². The minimum atomic E-state index is 0.0805. The number of nitrogens with zero attached hydrogens (tertiary/aromatic N) is 6. The van der Waals surface area contributed by atoms with Gasteiger partial charge in [0, 0.05) is 52.6 Å². The molecule has 1 aliphatic rings. The van der Waals surface area contributed by atoms with Gasteiger partial charge in [-0.1, -0.05) is 19.3 Å². The van der Waals surface area contributed by atoms with Crippen molar-refractivity contribution >= 4 is 33.7 Å². The van der Waals surface area contributed by atoms with E-state index in [0.717, 1.165) is 76.0 Å². The van der Waals surface area contributed by atoms with Crippen molar-refractivity contribution in [2.24, 2.45) is 5.92 Å². The Morgan fingerprint density at radius 1 is 0.974 bits per heavy atom. The second-order valence-corrected chi connectivity index (χ2v) is 10.2. The molecule has 0 aromatic carbocycles. The number of amides is 1. The molecule has 0 bridgehead atoms. The number of aromatic nitrogens is 8. The number of rotatable bonds is 5. The number of aromatic amines is 2. The highest BCUT2D eigenvalue weighted by Crippen LogP contribution is 2.32. The lowest BCUT2D eigenvalue weighted by Gasteiger charge is -2.20. The molecular formula is C29H27N9O. The lowest BCUT2D eigenvalue weighted by molar-refractivity contribution is -0.120. The largest absolute Gasteiger partial charge is 0.338 e. The van der Waals surface area contributed by atoms with Gasteiger partial charge in [0.1, 0.15) is 11.3 Å². The summed E-state index contributed by atoms with van der Waals surface area (Å²) in [6.45, 7) is 1.97. The van der Waals surface area contributed by atoms with Gasteiger partial charge in [-0.05, 0) is 44.0 Å². The number of nitrogens with one attached hydrogen (secondary N) is 3. The Morgan fingerprint density at radius 3 is 2.69 bits per heavy atom. The van der Waals surface area contributed by atoms with Crippen LogP contribution in [0.1, 0.15) is 37.8 Å². The molecule has 0 radical (unpaired) electrons. The van der Waals surface area contributed by atoms with Gasteiger partial charge in [0.15, 0.2) is 5.65 Å². The van der Waals surface area contributed by atoms with Gasteiger partial charge in [0.2, 0.25) is 5.91 Å². The summed E-state index contributed by atoms with van der Waals surface area (Å²) < 4.78 is 1.99. The zero-order valence-corrected chi connectivity index (χ0v) is 21.5. The number of fused-ring (bicyclic) bond motifs is 2. The number of imidazole rings is 1. The SMILES string of the molecule is Cc1cn(-c2ccnc3[nH]c(-c4n[nH]c5ncc(-c6cncc(NC(=O)C7CCCCC7)c6)cc45)cc23)cn1. The third kappa shape index (κ3) is 4.33. The number of hydrogen-bond donors (Lipinski definition) is 3. The normalized spacial score (nSPS) is 14.3. The van der Waals surface area contributed by atoms with Gasteiger partial charge in [-0.3, -0.25) is 14.9 Å². The first-order chi connectivity index (χ1) is 19.1. The maximum Gasteiger partial charge on any atom is 0.227 e. The smallest absolute Gasteiger partial charge is 0.227 e. The molecule has 1 saturated carbocycles.